The molecule has 104 valence electrons. The molecule has 3 nitrogen and oxygen atoms in total. The smallest absolute Gasteiger partial charge is 0.335 e. The van der Waals surface area contributed by atoms with Crippen LogP contribution in [-0.4, -0.2) is 22.2 Å². The van der Waals surface area contributed by atoms with Gasteiger partial charge in [-0.15, -0.1) is 0 Å². The first-order valence-corrected chi connectivity index (χ1v) is 6.88. The number of hydrogen-bond donors (Lipinski definition) is 1. The number of carboxylic acids is 1. The molecule has 19 heavy (non-hydrogen) atoms. The first-order chi connectivity index (χ1) is 8.74. The maximum atomic E-state index is 10.9. The highest BCUT2D eigenvalue weighted by Gasteiger charge is 2.41. The van der Waals surface area contributed by atoms with Crippen molar-refractivity contribution < 1.29 is 9.90 Å². The van der Waals surface area contributed by atoms with Crippen molar-refractivity contribution in [2.24, 2.45) is 0 Å². The Kier molecular flexibility index (Phi) is 3.33. The van der Waals surface area contributed by atoms with Gasteiger partial charge in [0.25, 0.3) is 0 Å². The van der Waals surface area contributed by atoms with Crippen LogP contribution in [0.5, 0.6) is 0 Å². The van der Waals surface area contributed by atoms with E-state index in [0.717, 1.165) is 18.5 Å². The monoisotopic (exact) mass is 261 g/mol. The van der Waals surface area contributed by atoms with Crippen LogP contribution in [0.3, 0.4) is 0 Å². The lowest BCUT2D eigenvalue weighted by atomic mass is 9.79. The molecule has 2 rings (SSSR count). The normalized spacial score (nSPS) is 21.2. The van der Waals surface area contributed by atoms with Crippen molar-refractivity contribution in [1.82, 2.24) is 0 Å². The van der Waals surface area contributed by atoms with Crippen molar-refractivity contribution in [3.05, 3.63) is 29.8 Å². The Morgan fingerprint density at radius 1 is 1.05 bits per heavy atom. The number of benzene rings is 1. The summed E-state index contributed by atoms with van der Waals surface area (Å²) < 4.78 is 0. The summed E-state index contributed by atoms with van der Waals surface area (Å²) in [6.07, 6.45) is 3.57. The van der Waals surface area contributed by atoms with Gasteiger partial charge in [0.15, 0.2) is 0 Å². The van der Waals surface area contributed by atoms with Gasteiger partial charge in [-0.25, -0.2) is 4.79 Å². The fourth-order valence-corrected chi connectivity index (χ4v) is 3.45. The Morgan fingerprint density at radius 2 is 1.53 bits per heavy atom. The third-order valence-corrected chi connectivity index (χ3v) is 4.16. The second-order valence-electron chi connectivity index (χ2n) is 6.67. The lowest BCUT2D eigenvalue weighted by Crippen LogP contribution is -2.59. The quantitative estimate of drug-likeness (QED) is 0.876. The zero-order chi connectivity index (χ0) is 14.3. The van der Waals surface area contributed by atoms with Crippen LogP contribution in [-0.2, 0) is 0 Å². The van der Waals surface area contributed by atoms with Crippen molar-refractivity contribution >= 4 is 11.7 Å². The molecular weight excluding hydrogens is 238 g/mol. The molecule has 1 aliphatic rings. The van der Waals surface area contributed by atoms with Crippen molar-refractivity contribution in [1.29, 1.82) is 0 Å². The summed E-state index contributed by atoms with van der Waals surface area (Å²) in [5.41, 5.74) is 1.66. The summed E-state index contributed by atoms with van der Waals surface area (Å²) in [4.78, 5) is 13.4. The summed E-state index contributed by atoms with van der Waals surface area (Å²) in [5, 5.41) is 8.98. The van der Waals surface area contributed by atoms with E-state index in [1.807, 2.05) is 12.1 Å². The van der Waals surface area contributed by atoms with Gasteiger partial charge in [0, 0.05) is 16.8 Å². The molecule has 0 amide bonds. The predicted molar refractivity (Wildman–Crippen MR) is 77.9 cm³/mol. The summed E-state index contributed by atoms with van der Waals surface area (Å²) >= 11 is 0. The van der Waals surface area contributed by atoms with Gasteiger partial charge in [-0.2, -0.15) is 0 Å². The molecule has 1 aliphatic heterocycles. The van der Waals surface area contributed by atoms with Crippen molar-refractivity contribution in [3.63, 3.8) is 0 Å². The van der Waals surface area contributed by atoms with Gasteiger partial charge < -0.3 is 10.0 Å². The fourth-order valence-electron chi connectivity index (χ4n) is 3.45. The van der Waals surface area contributed by atoms with E-state index in [2.05, 4.69) is 32.6 Å². The van der Waals surface area contributed by atoms with Gasteiger partial charge in [-0.05, 0) is 71.2 Å². The molecule has 0 radical (unpaired) electrons. The average Bonchev–Trinajstić information content (AvgIpc) is 2.27. The van der Waals surface area contributed by atoms with Gasteiger partial charge in [0.2, 0.25) is 0 Å². The minimum Gasteiger partial charge on any atom is -0.478 e. The first-order valence-electron chi connectivity index (χ1n) is 6.88. The van der Waals surface area contributed by atoms with Crippen molar-refractivity contribution in [3.8, 4) is 0 Å². The molecule has 1 aromatic rings. The van der Waals surface area contributed by atoms with Crippen LogP contribution in [0.1, 0.15) is 57.3 Å². The van der Waals surface area contributed by atoms with Crippen LogP contribution in [0.2, 0.25) is 0 Å². The molecule has 1 fully saturated rings. The molecule has 0 spiro atoms. The highest BCUT2D eigenvalue weighted by Crippen LogP contribution is 2.41. The van der Waals surface area contributed by atoms with Crippen LogP contribution in [0.4, 0.5) is 5.69 Å². The molecule has 1 saturated heterocycles. The van der Waals surface area contributed by atoms with E-state index < -0.39 is 5.97 Å². The molecule has 1 aromatic carbocycles. The number of carbonyl (C=O) groups is 1. The first kappa shape index (κ1) is 13.9. The highest BCUT2D eigenvalue weighted by atomic mass is 16.4. The van der Waals surface area contributed by atoms with E-state index in [1.165, 1.54) is 6.42 Å². The number of aromatic carboxylic acids is 1. The SMILES string of the molecule is CC1(C)CCCC(C)(C)N1c1ccc(C(=O)O)cc1. The average molecular weight is 261 g/mol. The second kappa shape index (κ2) is 4.55. The Balaban J connectivity index is 2.39. The molecule has 1 N–H and O–H groups in total. The molecule has 0 aromatic heterocycles. The topological polar surface area (TPSA) is 40.5 Å². The second-order valence-corrected chi connectivity index (χ2v) is 6.67. The Hall–Kier alpha value is -1.51. The van der Waals surface area contributed by atoms with Crippen LogP contribution in [0.15, 0.2) is 24.3 Å². The summed E-state index contributed by atoms with van der Waals surface area (Å²) in [6.45, 7) is 9.05. The third-order valence-electron chi connectivity index (χ3n) is 4.16. The number of piperidine rings is 1. The number of anilines is 1. The van der Waals surface area contributed by atoms with E-state index in [9.17, 15) is 4.79 Å². The zero-order valence-corrected chi connectivity index (χ0v) is 12.2. The van der Waals surface area contributed by atoms with E-state index in [0.29, 0.717) is 5.56 Å². The van der Waals surface area contributed by atoms with Crippen molar-refractivity contribution in [2.45, 2.75) is 58.0 Å². The fraction of sp³-hybridized carbons (Fsp3) is 0.562. The van der Waals surface area contributed by atoms with Crippen LogP contribution < -0.4 is 4.90 Å². The largest absolute Gasteiger partial charge is 0.478 e. The zero-order valence-electron chi connectivity index (χ0n) is 12.2. The Bertz CT molecular complexity index is 458. The third kappa shape index (κ3) is 2.60. The number of rotatable bonds is 2. The predicted octanol–water partition coefficient (Wildman–Crippen LogP) is 3.93. The van der Waals surface area contributed by atoms with E-state index >= 15 is 0 Å². The highest BCUT2D eigenvalue weighted by molar-refractivity contribution is 5.88. The van der Waals surface area contributed by atoms with E-state index in [4.69, 9.17) is 5.11 Å². The Morgan fingerprint density at radius 3 is 1.95 bits per heavy atom. The van der Waals surface area contributed by atoms with Crippen LogP contribution >= 0.6 is 0 Å². The Labute approximate surface area is 115 Å². The molecule has 0 saturated carbocycles. The standard InChI is InChI=1S/C16H23NO2/c1-15(2)10-5-11-16(3,4)17(15)13-8-6-12(7-9-13)14(18)19/h6-9H,5,10-11H2,1-4H3,(H,18,19). The van der Waals surface area contributed by atoms with E-state index in [1.54, 1.807) is 12.1 Å². The minimum absolute atomic E-state index is 0.104. The molecule has 0 unspecified atom stereocenters. The number of hydrogen-bond acceptors (Lipinski definition) is 2. The molecule has 0 aliphatic carbocycles. The minimum atomic E-state index is -0.872. The molecule has 3 heteroatoms. The summed E-state index contributed by atoms with van der Waals surface area (Å²) in [5.74, 6) is -0.872. The summed E-state index contributed by atoms with van der Waals surface area (Å²) in [7, 11) is 0. The van der Waals surface area contributed by atoms with Gasteiger partial charge in [0.1, 0.15) is 0 Å². The maximum absolute atomic E-state index is 10.9. The van der Waals surface area contributed by atoms with Crippen LogP contribution in [0, 0.1) is 0 Å². The van der Waals surface area contributed by atoms with Gasteiger partial charge >= 0.3 is 5.97 Å². The summed E-state index contributed by atoms with van der Waals surface area (Å²) in [6, 6.07) is 7.24. The lowest BCUT2D eigenvalue weighted by molar-refractivity contribution is 0.0697. The number of carboxylic acid groups (broad SMARTS) is 1. The molecule has 1 heterocycles. The molecular formula is C16H23NO2. The maximum Gasteiger partial charge on any atom is 0.335 e. The lowest BCUT2D eigenvalue weighted by Gasteiger charge is -2.54. The molecule has 0 atom stereocenters. The van der Waals surface area contributed by atoms with Gasteiger partial charge in [0.05, 0.1) is 5.56 Å². The molecule has 0 bridgehead atoms. The van der Waals surface area contributed by atoms with Crippen LogP contribution in [0.25, 0.3) is 0 Å². The van der Waals surface area contributed by atoms with E-state index in [-0.39, 0.29) is 11.1 Å². The van der Waals surface area contributed by atoms with Gasteiger partial charge in [-0.1, -0.05) is 0 Å². The van der Waals surface area contributed by atoms with Gasteiger partial charge in [-0.3, -0.25) is 0 Å². The van der Waals surface area contributed by atoms with Crippen molar-refractivity contribution in [2.75, 3.05) is 4.90 Å². The number of nitrogens with zero attached hydrogens (tertiary/aromatic N) is 1.